The van der Waals surface area contributed by atoms with Crippen molar-refractivity contribution < 1.29 is 9.53 Å². The molecule has 80 valence electrons. The van der Waals surface area contributed by atoms with E-state index >= 15 is 0 Å². The molecule has 14 heavy (non-hydrogen) atoms. The van der Waals surface area contributed by atoms with Crippen molar-refractivity contribution in [3.8, 4) is 0 Å². The smallest absolute Gasteiger partial charge is 0.303 e. The van der Waals surface area contributed by atoms with Crippen LogP contribution in [0.4, 0.5) is 0 Å². The zero-order valence-electron chi connectivity index (χ0n) is 9.54. The molecular formula is C12H20O2. The Hall–Kier alpha value is -1.05. The molecule has 0 aliphatic heterocycles. The first-order chi connectivity index (χ1) is 6.46. The molecule has 0 fully saturated rings. The number of hydrogen-bond donors (Lipinski definition) is 0. The second kappa shape index (κ2) is 5.63. The first-order valence-electron chi connectivity index (χ1n) is 4.90. The molecule has 0 spiro atoms. The van der Waals surface area contributed by atoms with Gasteiger partial charge in [-0.25, -0.2) is 0 Å². The average Bonchev–Trinajstić information content (AvgIpc) is 2.12. The molecule has 2 atom stereocenters. The molecule has 0 N–H and O–H groups in total. The molecular weight excluding hydrogens is 176 g/mol. The van der Waals surface area contributed by atoms with E-state index in [0.717, 1.165) is 6.42 Å². The Kier molecular flexibility index (Phi) is 5.21. The fourth-order valence-corrected chi connectivity index (χ4v) is 1.23. The van der Waals surface area contributed by atoms with Crippen LogP contribution in [0.2, 0.25) is 0 Å². The molecule has 0 heterocycles. The summed E-state index contributed by atoms with van der Waals surface area (Å²) in [6.45, 7) is 11.0. The summed E-state index contributed by atoms with van der Waals surface area (Å²) in [6.07, 6.45) is 6.64. The van der Waals surface area contributed by atoms with E-state index < -0.39 is 5.60 Å². The van der Waals surface area contributed by atoms with Crippen molar-refractivity contribution in [3.63, 3.8) is 0 Å². The van der Waals surface area contributed by atoms with Crippen molar-refractivity contribution in [1.29, 1.82) is 0 Å². The van der Waals surface area contributed by atoms with Gasteiger partial charge in [0.15, 0.2) is 0 Å². The van der Waals surface area contributed by atoms with Crippen molar-refractivity contribution in [1.82, 2.24) is 0 Å². The third-order valence-electron chi connectivity index (χ3n) is 2.47. The van der Waals surface area contributed by atoms with Gasteiger partial charge in [0, 0.05) is 12.8 Å². The predicted molar refractivity (Wildman–Crippen MR) is 59.0 cm³/mol. The lowest BCUT2D eigenvalue weighted by Gasteiger charge is -2.31. The zero-order valence-corrected chi connectivity index (χ0v) is 9.54. The van der Waals surface area contributed by atoms with Crippen molar-refractivity contribution in [2.75, 3.05) is 0 Å². The van der Waals surface area contributed by atoms with Gasteiger partial charge in [-0.15, -0.1) is 0 Å². The summed E-state index contributed by atoms with van der Waals surface area (Å²) in [5, 5.41) is 0. The maximum absolute atomic E-state index is 10.9. The van der Waals surface area contributed by atoms with Crippen LogP contribution in [0.1, 0.15) is 34.1 Å². The van der Waals surface area contributed by atoms with Gasteiger partial charge in [-0.2, -0.15) is 0 Å². The van der Waals surface area contributed by atoms with E-state index in [9.17, 15) is 4.79 Å². The van der Waals surface area contributed by atoms with Crippen LogP contribution < -0.4 is 0 Å². The van der Waals surface area contributed by atoms with Crippen molar-refractivity contribution in [2.45, 2.75) is 39.7 Å². The number of hydrogen-bond acceptors (Lipinski definition) is 2. The minimum absolute atomic E-state index is 0.236. The number of carbonyl (C=O) groups excluding carboxylic acids is 1. The predicted octanol–water partition coefficient (Wildman–Crippen LogP) is 3.10. The second-order valence-electron chi connectivity index (χ2n) is 3.69. The summed E-state index contributed by atoms with van der Waals surface area (Å²) >= 11 is 0. The van der Waals surface area contributed by atoms with Crippen LogP contribution in [0.15, 0.2) is 24.8 Å². The maximum Gasteiger partial charge on any atom is 0.303 e. The van der Waals surface area contributed by atoms with Crippen LogP contribution in [0, 0.1) is 5.92 Å². The fraction of sp³-hybridized carbons (Fsp3) is 0.583. The highest BCUT2D eigenvalue weighted by Gasteiger charge is 2.30. The Labute approximate surface area is 86.6 Å². The number of carbonyl (C=O) groups is 1. The molecule has 2 heteroatoms. The number of allylic oxidation sites excluding steroid dienone is 2. The second-order valence-corrected chi connectivity index (χ2v) is 3.69. The van der Waals surface area contributed by atoms with Gasteiger partial charge in [0.2, 0.25) is 0 Å². The van der Waals surface area contributed by atoms with Crippen LogP contribution in [0.3, 0.4) is 0 Å². The van der Waals surface area contributed by atoms with Gasteiger partial charge in [0.1, 0.15) is 5.60 Å². The molecule has 0 aromatic carbocycles. The fourth-order valence-electron chi connectivity index (χ4n) is 1.23. The third kappa shape index (κ3) is 3.77. The van der Waals surface area contributed by atoms with Crippen molar-refractivity contribution in [2.24, 2.45) is 5.92 Å². The summed E-state index contributed by atoms with van der Waals surface area (Å²) in [7, 11) is 0. The van der Waals surface area contributed by atoms with Crippen LogP contribution in [0.25, 0.3) is 0 Å². The molecule has 0 aliphatic rings. The summed E-state index contributed by atoms with van der Waals surface area (Å²) in [5.41, 5.74) is -0.564. The highest BCUT2D eigenvalue weighted by atomic mass is 16.6. The normalized spacial score (nSPS) is 17.4. The monoisotopic (exact) mass is 196 g/mol. The lowest BCUT2D eigenvalue weighted by atomic mass is 9.88. The number of esters is 1. The van der Waals surface area contributed by atoms with Crippen molar-refractivity contribution in [3.05, 3.63) is 24.8 Å². The molecule has 0 aliphatic carbocycles. The lowest BCUT2D eigenvalue weighted by molar-refractivity contribution is -0.154. The molecule has 0 rings (SSSR count). The third-order valence-corrected chi connectivity index (χ3v) is 2.47. The molecule has 2 unspecified atom stereocenters. The molecule has 0 aromatic heterocycles. The Balaban J connectivity index is 4.49. The molecule has 0 bridgehead atoms. The van der Waals surface area contributed by atoms with Gasteiger partial charge >= 0.3 is 5.97 Å². The SMILES string of the molecule is C=CC(C)(OC(C)=O)C(C)CC=CC. The summed E-state index contributed by atoms with van der Waals surface area (Å²) in [6, 6.07) is 0. The maximum atomic E-state index is 10.9. The van der Waals surface area contributed by atoms with E-state index in [1.807, 2.05) is 26.8 Å². The standard InChI is InChI=1S/C12H20O2/c1-6-8-9-10(3)12(5,7-2)14-11(4)13/h6-8,10H,2,9H2,1,3-5H3. The Morgan fingerprint density at radius 2 is 2.21 bits per heavy atom. The topological polar surface area (TPSA) is 26.3 Å². The van der Waals surface area contributed by atoms with Gasteiger partial charge in [0.25, 0.3) is 0 Å². The van der Waals surface area contributed by atoms with E-state index in [1.165, 1.54) is 6.92 Å². The van der Waals surface area contributed by atoms with Crippen LogP contribution >= 0.6 is 0 Å². The summed E-state index contributed by atoms with van der Waals surface area (Å²) in [4.78, 5) is 10.9. The Bertz CT molecular complexity index is 230. The molecule has 0 saturated heterocycles. The molecule has 2 nitrogen and oxygen atoms in total. The van der Waals surface area contributed by atoms with Crippen LogP contribution in [0.5, 0.6) is 0 Å². The minimum atomic E-state index is -0.564. The Morgan fingerprint density at radius 1 is 1.64 bits per heavy atom. The molecule has 0 saturated carbocycles. The van der Waals surface area contributed by atoms with Gasteiger partial charge in [-0.05, 0) is 26.3 Å². The highest BCUT2D eigenvalue weighted by molar-refractivity contribution is 5.66. The number of rotatable bonds is 5. The van der Waals surface area contributed by atoms with Crippen LogP contribution in [-0.2, 0) is 9.53 Å². The average molecular weight is 196 g/mol. The van der Waals surface area contributed by atoms with Crippen molar-refractivity contribution >= 4 is 5.97 Å². The van der Waals surface area contributed by atoms with E-state index in [4.69, 9.17) is 4.74 Å². The van der Waals surface area contributed by atoms with Gasteiger partial charge in [-0.1, -0.05) is 25.7 Å². The minimum Gasteiger partial charge on any atom is -0.455 e. The van der Waals surface area contributed by atoms with E-state index in [0.29, 0.717) is 0 Å². The Morgan fingerprint density at radius 3 is 2.57 bits per heavy atom. The summed E-state index contributed by atoms with van der Waals surface area (Å²) < 4.78 is 5.25. The van der Waals surface area contributed by atoms with Gasteiger partial charge in [0.05, 0.1) is 0 Å². The first kappa shape index (κ1) is 12.9. The lowest BCUT2D eigenvalue weighted by Crippen LogP contribution is -2.35. The van der Waals surface area contributed by atoms with Gasteiger partial charge in [-0.3, -0.25) is 4.79 Å². The number of ether oxygens (including phenoxy) is 1. The largest absolute Gasteiger partial charge is 0.455 e. The van der Waals surface area contributed by atoms with Gasteiger partial charge < -0.3 is 4.74 Å². The highest BCUT2D eigenvalue weighted by Crippen LogP contribution is 2.26. The molecule has 0 amide bonds. The summed E-state index contributed by atoms with van der Waals surface area (Å²) in [5.74, 6) is -0.0279. The molecule has 0 radical (unpaired) electrons. The van der Waals surface area contributed by atoms with E-state index in [2.05, 4.69) is 12.7 Å². The molecule has 0 aromatic rings. The quantitative estimate of drug-likeness (QED) is 0.499. The first-order valence-corrected chi connectivity index (χ1v) is 4.90. The van der Waals surface area contributed by atoms with E-state index in [-0.39, 0.29) is 11.9 Å². The zero-order chi connectivity index (χ0) is 11.2. The van der Waals surface area contributed by atoms with Crippen LogP contribution in [-0.4, -0.2) is 11.6 Å². The van der Waals surface area contributed by atoms with E-state index in [1.54, 1.807) is 6.08 Å².